The SMILES string of the molecule is CC1CCN(CCNCCN(C)C)C1. The van der Waals surface area contributed by atoms with Crippen LogP contribution in [0.15, 0.2) is 0 Å². The van der Waals surface area contributed by atoms with E-state index in [1.54, 1.807) is 0 Å². The molecule has 1 fully saturated rings. The summed E-state index contributed by atoms with van der Waals surface area (Å²) in [6, 6.07) is 0. The van der Waals surface area contributed by atoms with Crippen molar-refractivity contribution in [1.29, 1.82) is 0 Å². The van der Waals surface area contributed by atoms with Gasteiger partial charge in [0.2, 0.25) is 0 Å². The molecule has 1 heterocycles. The van der Waals surface area contributed by atoms with Gasteiger partial charge in [0.05, 0.1) is 0 Å². The Bertz CT molecular complexity index is 147. The van der Waals surface area contributed by atoms with E-state index < -0.39 is 0 Å². The Kier molecular flexibility index (Phi) is 5.45. The van der Waals surface area contributed by atoms with Gasteiger partial charge in [-0.15, -0.1) is 0 Å². The summed E-state index contributed by atoms with van der Waals surface area (Å²) in [5.41, 5.74) is 0. The van der Waals surface area contributed by atoms with Gasteiger partial charge in [0.25, 0.3) is 0 Å². The highest BCUT2D eigenvalue weighted by molar-refractivity contribution is 4.72. The van der Waals surface area contributed by atoms with Crippen molar-refractivity contribution in [3.05, 3.63) is 0 Å². The van der Waals surface area contributed by atoms with Crippen LogP contribution >= 0.6 is 0 Å². The van der Waals surface area contributed by atoms with Gasteiger partial charge < -0.3 is 15.1 Å². The van der Waals surface area contributed by atoms with E-state index >= 15 is 0 Å². The van der Waals surface area contributed by atoms with Gasteiger partial charge in [-0.25, -0.2) is 0 Å². The average Bonchev–Trinajstić information content (AvgIpc) is 2.50. The maximum absolute atomic E-state index is 3.48. The summed E-state index contributed by atoms with van der Waals surface area (Å²) < 4.78 is 0. The number of hydrogen-bond donors (Lipinski definition) is 1. The van der Waals surface area contributed by atoms with Crippen molar-refractivity contribution in [1.82, 2.24) is 15.1 Å². The molecule has 1 unspecified atom stereocenters. The molecule has 1 N–H and O–H groups in total. The van der Waals surface area contributed by atoms with Gasteiger partial charge in [-0.05, 0) is 33.0 Å². The largest absolute Gasteiger partial charge is 0.314 e. The molecule has 84 valence electrons. The molecule has 3 nitrogen and oxygen atoms in total. The number of rotatable bonds is 6. The lowest BCUT2D eigenvalue weighted by Crippen LogP contribution is -2.33. The second kappa shape index (κ2) is 6.38. The summed E-state index contributed by atoms with van der Waals surface area (Å²) in [4.78, 5) is 4.78. The number of likely N-dealkylation sites (tertiary alicyclic amines) is 1. The summed E-state index contributed by atoms with van der Waals surface area (Å²) in [5, 5.41) is 3.48. The zero-order valence-electron chi connectivity index (χ0n) is 9.92. The first-order chi connectivity index (χ1) is 6.68. The number of hydrogen-bond acceptors (Lipinski definition) is 3. The van der Waals surface area contributed by atoms with Crippen molar-refractivity contribution in [3.8, 4) is 0 Å². The van der Waals surface area contributed by atoms with Crippen LogP contribution in [0.3, 0.4) is 0 Å². The number of nitrogens with zero attached hydrogens (tertiary/aromatic N) is 2. The lowest BCUT2D eigenvalue weighted by atomic mass is 10.2. The Morgan fingerprint density at radius 2 is 2.14 bits per heavy atom. The molecular weight excluding hydrogens is 174 g/mol. The molecular formula is C11H25N3. The monoisotopic (exact) mass is 199 g/mol. The Hall–Kier alpha value is -0.120. The third-order valence-corrected chi connectivity index (χ3v) is 2.85. The van der Waals surface area contributed by atoms with Crippen LogP contribution in [0, 0.1) is 5.92 Å². The van der Waals surface area contributed by atoms with Gasteiger partial charge in [0.1, 0.15) is 0 Å². The van der Waals surface area contributed by atoms with Crippen LogP contribution in [0.4, 0.5) is 0 Å². The minimum Gasteiger partial charge on any atom is -0.314 e. The summed E-state index contributed by atoms with van der Waals surface area (Å²) >= 11 is 0. The van der Waals surface area contributed by atoms with Crippen molar-refractivity contribution >= 4 is 0 Å². The second-order valence-corrected chi connectivity index (χ2v) is 4.75. The van der Waals surface area contributed by atoms with E-state index in [2.05, 4.69) is 36.1 Å². The predicted octanol–water partition coefficient (Wildman–Crippen LogP) is 0.479. The molecule has 0 amide bonds. The zero-order valence-corrected chi connectivity index (χ0v) is 9.92. The minimum absolute atomic E-state index is 0.914. The minimum atomic E-state index is 0.914. The summed E-state index contributed by atoms with van der Waals surface area (Å²) in [5.74, 6) is 0.914. The highest BCUT2D eigenvalue weighted by atomic mass is 15.2. The molecule has 3 heteroatoms. The topological polar surface area (TPSA) is 18.5 Å². The van der Waals surface area contributed by atoms with Gasteiger partial charge in [0, 0.05) is 32.7 Å². The standard InChI is InChI=1S/C11H25N3/c1-11-4-7-14(10-11)9-6-12-5-8-13(2)3/h11-12H,4-10H2,1-3H3. The normalized spacial score (nSPS) is 23.6. The maximum Gasteiger partial charge on any atom is 0.0107 e. The molecule has 1 aliphatic heterocycles. The molecule has 0 bridgehead atoms. The molecule has 14 heavy (non-hydrogen) atoms. The fourth-order valence-corrected chi connectivity index (χ4v) is 1.89. The molecule has 1 aliphatic rings. The van der Waals surface area contributed by atoms with E-state index in [4.69, 9.17) is 0 Å². The molecule has 0 radical (unpaired) electrons. The average molecular weight is 199 g/mol. The van der Waals surface area contributed by atoms with E-state index in [0.717, 1.165) is 25.6 Å². The van der Waals surface area contributed by atoms with Crippen molar-refractivity contribution in [3.63, 3.8) is 0 Å². The Labute approximate surface area is 88.5 Å². The van der Waals surface area contributed by atoms with Crippen LogP contribution in [0.2, 0.25) is 0 Å². The van der Waals surface area contributed by atoms with Crippen LogP contribution in [-0.4, -0.2) is 63.2 Å². The van der Waals surface area contributed by atoms with E-state index in [1.165, 1.54) is 26.1 Å². The van der Waals surface area contributed by atoms with Gasteiger partial charge in [-0.2, -0.15) is 0 Å². The molecule has 0 aromatic rings. The lowest BCUT2D eigenvalue weighted by molar-refractivity contribution is 0.320. The van der Waals surface area contributed by atoms with Crippen LogP contribution in [-0.2, 0) is 0 Å². The molecule has 1 rings (SSSR count). The van der Waals surface area contributed by atoms with Crippen LogP contribution < -0.4 is 5.32 Å². The van der Waals surface area contributed by atoms with Crippen molar-refractivity contribution in [2.75, 3.05) is 53.4 Å². The van der Waals surface area contributed by atoms with E-state index in [9.17, 15) is 0 Å². The lowest BCUT2D eigenvalue weighted by Gasteiger charge is -2.16. The second-order valence-electron chi connectivity index (χ2n) is 4.75. The highest BCUT2D eigenvalue weighted by Gasteiger charge is 2.17. The van der Waals surface area contributed by atoms with Crippen LogP contribution in [0.5, 0.6) is 0 Å². The molecule has 0 saturated carbocycles. The van der Waals surface area contributed by atoms with Gasteiger partial charge in [-0.3, -0.25) is 0 Å². The predicted molar refractivity (Wildman–Crippen MR) is 61.6 cm³/mol. The quantitative estimate of drug-likeness (QED) is 0.628. The molecule has 0 aromatic heterocycles. The molecule has 0 aromatic carbocycles. The molecule has 1 saturated heterocycles. The Balaban J connectivity index is 1.89. The Morgan fingerprint density at radius 3 is 2.71 bits per heavy atom. The first-order valence-electron chi connectivity index (χ1n) is 5.76. The summed E-state index contributed by atoms with van der Waals surface area (Å²) in [6.45, 7) is 9.55. The Morgan fingerprint density at radius 1 is 1.36 bits per heavy atom. The van der Waals surface area contributed by atoms with Gasteiger partial charge in [-0.1, -0.05) is 6.92 Å². The van der Waals surface area contributed by atoms with Gasteiger partial charge in [0.15, 0.2) is 0 Å². The highest BCUT2D eigenvalue weighted by Crippen LogP contribution is 2.13. The molecule has 0 aliphatic carbocycles. The molecule has 0 spiro atoms. The van der Waals surface area contributed by atoms with E-state index in [-0.39, 0.29) is 0 Å². The fraction of sp³-hybridized carbons (Fsp3) is 1.00. The fourth-order valence-electron chi connectivity index (χ4n) is 1.89. The number of nitrogens with one attached hydrogen (secondary N) is 1. The first kappa shape index (κ1) is 12.0. The third kappa shape index (κ3) is 4.94. The van der Waals surface area contributed by atoms with E-state index in [1.807, 2.05) is 0 Å². The van der Waals surface area contributed by atoms with Crippen molar-refractivity contribution in [2.45, 2.75) is 13.3 Å². The van der Waals surface area contributed by atoms with Crippen molar-refractivity contribution in [2.24, 2.45) is 5.92 Å². The third-order valence-electron chi connectivity index (χ3n) is 2.85. The zero-order chi connectivity index (χ0) is 10.4. The maximum atomic E-state index is 3.48. The number of likely N-dealkylation sites (N-methyl/N-ethyl adjacent to an activating group) is 1. The van der Waals surface area contributed by atoms with Gasteiger partial charge >= 0.3 is 0 Å². The first-order valence-corrected chi connectivity index (χ1v) is 5.76. The summed E-state index contributed by atoms with van der Waals surface area (Å²) in [6.07, 6.45) is 1.39. The van der Waals surface area contributed by atoms with Crippen LogP contribution in [0.25, 0.3) is 0 Å². The summed E-state index contributed by atoms with van der Waals surface area (Å²) in [7, 11) is 4.23. The van der Waals surface area contributed by atoms with Crippen molar-refractivity contribution < 1.29 is 0 Å². The smallest absolute Gasteiger partial charge is 0.0107 e. The molecule has 1 atom stereocenters. The van der Waals surface area contributed by atoms with E-state index in [0.29, 0.717) is 0 Å². The van der Waals surface area contributed by atoms with Crippen LogP contribution in [0.1, 0.15) is 13.3 Å².